The van der Waals surface area contributed by atoms with E-state index in [1.54, 1.807) is 17.1 Å². The van der Waals surface area contributed by atoms with Gasteiger partial charge >= 0.3 is 0 Å². The summed E-state index contributed by atoms with van der Waals surface area (Å²) >= 11 is 0. The number of nitrogen functional groups attached to an aromatic ring is 1. The second-order valence-electron chi connectivity index (χ2n) is 3.50. The van der Waals surface area contributed by atoms with Crippen molar-refractivity contribution in [1.29, 1.82) is 0 Å². The monoisotopic (exact) mass is 227 g/mol. The fourth-order valence-electron chi connectivity index (χ4n) is 1.55. The topological polar surface area (TPSA) is 82.8 Å². The smallest absolute Gasteiger partial charge is 0.222 e. The quantitative estimate of drug-likeness (QED) is 0.717. The number of rotatable bonds is 2. The van der Waals surface area contributed by atoms with E-state index in [0.29, 0.717) is 11.6 Å². The average Bonchev–Trinajstić information content (AvgIpc) is 3.00. The van der Waals surface area contributed by atoms with Crippen molar-refractivity contribution in [3.05, 3.63) is 43.0 Å². The van der Waals surface area contributed by atoms with E-state index in [9.17, 15) is 0 Å². The molecule has 2 aromatic heterocycles. The molecular weight excluding hydrogens is 218 g/mol. The van der Waals surface area contributed by atoms with E-state index >= 15 is 0 Å². The molecule has 0 aliphatic heterocycles. The minimum atomic E-state index is 0.306. The Hall–Kier alpha value is -2.63. The van der Waals surface area contributed by atoms with Gasteiger partial charge in [-0.3, -0.25) is 0 Å². The molecule has 0 saturated heterocycles. The van der Waals surface area contributed by atoms with E-state index in [-0.39, 0.29) is 0 Å². The zero-order valence-corrected chi connectivity index (χ0v) is 8.82. The lowest BCUT2D eigenvalue weighted by Gasteiger charge is -2.00. The number of aromatic nitrogens is 4. The molecule has 0 spiro atoms. The van der Waals surface area contributed by atoms with E-state index in [2.05, 4.69) is 15.2 Å². The third-order valence-corrected chi connectivity index (χ3v) is 2.37. The molecular formula is C11H9N5O. The number of benzene rings is 1. The third kappa shape index (κ3) is 1.76. The molecule has 17 heavy (non-hydrogen) atoms. The molecule has 0 aliphatic carbocycles. The predicted molar refractivity (Wildman–Crippen MR) is 61.3 cm³/mol. The molecule has 6 nitrogen and oxygen atoms in total. The van der Waals surface area contributed by atoms with Crippen LogP contribution in [0, 0.1) is 0 Å². The molecule has 3 rings (SSSR count). The van der Waals surface area contributed by atoms with Crippen LogP contribution < -0.4 is 5.73 Å². The third-order valence-electron chi connectivity index (χ3n) is 2.37. The van der Waals surface area contributed by atoms with Gasteiger partial charge in [0.2, 0.25) is 5.88 Å². The highest BCUT2D eigenvalue weighted by Crippen LogP contribution is 2.21. The molecule has 1 aromatic carbocycles. The van der Waals surface area contributed by atoms with E-state index in [0.717, 1.165) is 11.3 Å². The van der Waals surface area contributed by atoms with Crippen LogP contribution in [-0.4, -0.2) is 19.9 Å². The highest BCUT2D eigenvalue weighted by atomic mass is 16.5. The second-order valence-corrected chi connectivity index (χ2v) is 3.50. The molecule has 3 aromatic rings. The summed E-state index contributed by atoms with van der Waals surface area (Å²) in [5.74, 6) is 0.306. The van der Waals surface area contributed by atoms with E-state index < -0.39 is 0 Å². The Balaban J connectivity index is 1.95. The lowest BCUT2D eigenvalue weighted by atomic mass is 10.1. The SMILES string of the molecule is Nc1cc(-c2ccc(-n3cncn3)cc2)no1. The first kappa shape index (κ1) is 9.59. The summed E-state index contributed by atoms with van der Waals surface area (Å²) in [6.45, 7) is 0. The maximum absolute atomic E-state index is 5.47. The van der Waals surface area contributed by atoms with Crippen LogP contribution in [0.4, 0.5) is 5.88 Å². The number of anilines is 1. The van der Waals surface area contributed by atoms with Crippen molar-refractivity contribution in [3.8, 4) is 16.9 Å². The Kier molecular flexibility index (Phi) is 2.11. The van der Waals surface area contributed by atoms with Gasteiger partial charge in [-0.05, 0) is 12.1 Å². The van der Waals surface area contributed by atoms with Gasteiger partial charge in [0, 0.05) is 11.6 Å². The largest absolute Gasteiger partial charge is 0.368 e. The maximum Gasteiger partial charge on any atom is 0.222 e. The van der Waals surface area contributed by atoms with Crippen LogP contribution in [0.25, 0.3) is 16.9 Å². The minimum Gasteiger partial charge on any atom is -0.368 e. The first-order valence-corrected chi connectivity index (χ1v) is 5.00. The van der Waals surface area contributed by atoms with Gasteiger partial charge < -0.3 is 10.3 Å². The molecule has 0 saturated carbocycles. The van der Waals surface area contributed by atoms with Crippen LogP contribution in [-0.2, 0) is 0 Å². The van der Waals surface area contributed by atoms with Crippen LogP contribution in [0.3, 0.4) is 0 Å². The summed E-state index contributed by atoms with van der Waals surface area (Å²) in [5, 5.41) is 7.89. The van der Waals surface area contributed by atoms with Crippen LogP contribution >= 0.6 is 0 Å². The Bertz CT molecular complexity index is 612. The van der Waals surface area contributed by atoms with Gasteiger partial charge in [-0.2, -0.15) is 5.10 Å². The van der Waals surface area contributed by atoms with E-state index in [1.165, 1.54) is 6.33 Å². The zero-order valence-electron chi connectivity index (χ0n) is 8.82. The van der Waals surface area contributed by atoms with Crippen molar-refractivity contribution in [2.24, 2.45) is 0 Å². The Morgan fingerprint density at radius 3 is 2.59 bits per heavy atom. The standard InChI is InChI=1S/C11H9N5O/c12-11-5-10(15-17-11)8-1-3-9(4-2-8)16-7-13-6-14-16/h1-7H,12H2. The van der Waals surface area contributed by atoms with Crippen LogP contribution in [0.1, 0.15) is 0 Å². The van der Waals surface area contributed by atoms with Gasteiger partial charge in [0.05, 0.1) is 5.69 Å². The molecule has 0 radical (unpaired) electrons. The second kappa shape index (κ2) is 3.75. The Labute approximate surface area is 96.7 Å². The highest BCUT2D eigenvalue weighted by Gasteiger charge is 2.04. The number of nitrogens with zero attached hydrogens (tertiary/aromatic N) is 4. The van der Waals surface area contributed by atoms with Crippen LogP contribution in [0.2, 0.25) is 0 Å². The maximum atomic E-state index is 5.47. The molecule has 2 N–H and O–H groups in total. The Morgan fingerprint density at radius 1 is 1.18 bits per heavy atom. The van der Waals surface area contributed by atoms with Crippen molar-refractivity contribution in [3.63, 3.8) is 0 Å². The van der Waals surface area contributed by atoms with Crippen molar-refractivity contribution in [2.45, 2.75) is 0 Å². The van der Waals surface area contributed by atoms with Crippen molar-refractivity contribution in [2.75, 3.05) is 5.73 Å². The van der Waals surface area contributed by atoms with Gasteiger partial charge in [-0.25, -0.2) is 9.67 Å². The van der Waals surface area contributed by atoms with Gasteiger partial charge in [0.1, 0.15) is 18.3 Å². The van der Waals surface area contributed by atoms with Crippen LogP contribution in [0.5, 0.6) is 0 Å². The normalized spacial score (nSPS) is 10.6. The minimum absolute atomic E-state index is 0.306. The summed E-state index contributed by atoms with van der Waals surface area (Å²) in [6.07, 6.45) is 3.13. The number of hydrogen-bond acceptors (Lipinski definition) is 5. The highest BCUT2D eigenvalue weighted by molar-refractivity contribution is 5.62. The molecule has 6 heteroatoms. The summed E-state index contributed by atoms with van der Waals surface area (Å²) in [4.78, 5) is 3.89. The molecule has 0 amide bonds. The van der Waals surface area contributed by atoms with Crippen LogP contribution in [0.15, 0.2) is 47.5 Å². The fraction of sp³-hybridized carbons (Fsp3) is 0. The number of hydrogen-bond donors (Lipinski definition) is 1. The molecule has 0 atom stereocenters. The zero-order chi connectivity index (χ0) is 11.7. The fourth-order valence-corrected chi connectivity index (χ4v) is 1.55. The first-order chi connectivity index (χ1) is 8.33. The van der Waals surface area contributed by atoms with Gasteiger partial charge in [-0.15, -0.1) is 0 Å². The van der Waals surface area contributed by atoms with Crippen molar-refractivity contribution < 1.29 is 4.52 Å². The summed E-state index contributed by atoms with van der Waals surface area (Å²) in [5.41, 5.74) is 8.06. The lowest BCUT2D eigenvalue weighted by Crippen LogP contribution is -1.93. The predicted octanol–water partition coefficient (Wildman–Crippen LogP) is 1.50. The summed E-state index contributed by atoms with van der Waals surface area (Å²) < 4.78 is 6.50. The molecule has 84 valence electrons. The molecule has 0 unspecified atom stereocenters. The van der Waals surface area contributed by atoms with E-state index in [1.807, 2.05) is 24.3 Å². The first-order valence-electron chi connectivity index (χ1n) is 5.00. The molecule has 0 aliphatic rings. The summed E-state index contributed by atoms with van der Waals surface area (Å²) in [7, 11) is 0. The lowest BCUT2D eigenvalue weighted by molar-refractivity contribution is 0.439. The van der Waals surface area contributed by atoms with Crippen molar-refractivity contribution >= 4 is 5.88 Å². The van der Waals surface area contributed by atoms with Gasteiger partial charge in [0.25, 0.3) is 0 Å². The number of nitrogens with two attached hydrogens (primary N) is 1. The van der Waals surface area contributed by atoms with Crippen molar-refractivity contribution in [1.82, 2.24) is 19.9 Å². The molecule has 2 heterocycles. The van der Waals surface area contributed by atoms with E-state index in [4.69, 9.17) is 10.3 Å². The molecule has 0 bridgehead atoms. The van der Waals surface area contributed by atoms with Gasteiger partial charge in [-0.1, -0.05) is 17.3 Å². The molecule has 0 fully saturated rings. The van der Waals surface area contributed by atoms with Gasteiger partial charge in [0.15, 0.2) is 0 Å². The average molecular weight is 227 g/mol. The Morgan fingerprint density at radius 2 is 2.00 bits per heavy atom. The summed E-state index contributed by atoms with van der Waals surface area (Å²) in [6, 6.07) is 9.39.